The van der Waals surface area contributed by atoms with Crippen LogP contribution in [0.2, 0.25) is 8.67 Å². The van der Waals surface area contributed by atoms with Crippen molar-refractivity contribution >= 4 is 60.3 Å². The summed E-state index contributed by atoms with van der Waals surface area (Å²) in [5.74, 6) is 0.593. The van der Waals surface area contributed by atoms with Gasteiger partial charge in [-0.05, 0) is 24.0 Å². The lowest BCUT2D eigenvalue weighted by Gasteiger charge is -2.15. The van der Waals surface area contributed by atoms with Crippen LogP contribution in [0, 0.1) is 5.92 Å². The van der Waals surface area contributed by atoms with E-state index in [1.807, 2.05) is 0 Å². The van der Waals surface area contributed by atoms with Gasteiger partial charge in [-0.1, -0.05) is 39.1 Å². The lowest BCUT2D eigenvalue weighted by Crippen LogP contribution is -2.09. The van der Waals surface area contributed by atoms with E-state index in [1.165, 1.54) is 11.3 Å². The van der Waals surface area contributed by atoms with Gasteiger partial charge in [-0.3, -0.25) is 0 Å². The maximum atomic E-state index is 11.4. The Labute approximate surface area is 117 Å². The molecule has 1 fully saturated rings. The minimum Gasteiger partial charge on any atom is -0.229 e. The second-order valence-electron chi connectivity index (χ2n) is 3.84. The van der Waals surface area contributed by atoms with Crippen LogP contribution < -0.4 is 0 Å². The summed E-state index contributed by atoms with van der Waals surface area (Å²) in [7, 11) is -2.86. The Balaban J connectivity index is 2.20. The summed E-state index contributed by atoms with van der Waals surface area (Å²) in [6.45, 7) is 0. The van der Waals surface area contributed by atoms with Crippen molar-refractivity contribution in [2.75, 3.05) is 11.5 Å². The molecule has 0 amide bonds. The second-order valence-corrected chi connectivity index (χ2v) is 9.35. The number of sulfone groups is 1. The zero-order valence-electron chi connectivity index (χ0n) is 8.12. The van der Waals surface area contributed by atoms with Gasteiger partial charge in [0.1, 0.15) is 0 Å². The highest BCUT2D eigenvalue weighted by Gasteiger charge is 2.34. The molecule has 2 unspecified atom stereocenters. The van der Waals surface area contributed by atoms with Gasteiger partial charge in [-0.2, -0.15) is 0 Å². The Morgan fingerprint density at radius 2 is 2.19 bits per heavy atom. The van der Waals surface area contributed by atoms with Crippen LogP contribution in [0.5, 0.6) is 0 Å². The van der Waals surface area contributed by atoms with E-state index in [2.05, 4.69) is 15.9 Å². The maximum Gasteiger partial charge on any atom is 0.150 e. The van der Waals surface area contributed by atoms with Crippen molar-refractivity contribution in [3.8, 4) is 0 Å². The molecule has 1 aromatic heterocycles. The summed E-state index contributed by atoms with van der Waals surface area (Å²) in [4.78, 5) is -0.0268. The Hall–Kier alpha value is 0.710. The molecule has 0 aromatic carbocycles. The van der Waals surface area contributed by atoms with Crippen molar-refractivity contribution in [2.45, 2.75) is 11.2 Å². The molecule has 2 rings (SSSR count). The molecule has 1 aliphatic rings. The fourth-order valence-electron chi connectivity index (χ4n) is 1.85. The van der Waals surface area contributed by atoms with E-state index in [-0.39, 0.29) is 22.3 Å². The smallest absolute Gasteiger partial charge is 0.150 e. The molecule has 0 N–H and O–H groups in total. The summed E-state index contributed by atoms with van der Waals surface area (Å²) in [6.07, 6.45) is 0.683. The van der Waals surface area contributed by atoms with Crippen LogP contribution in [0.3, 0.4) is 0 Å². The van der Waals surface area contributed by atoms with E-state index in [9.17, 15) is 8.42 Å². The highest BCUT2D eigenvalue weighted by molar-refractivity contribution is 9.09. The molecule has 1 aliphatic heterocycles. The van der Waals surface area contributed by atoms with E-state index in [1.54, 1.807) is 6.07 Å². The normalized spacial score (nSPS) is 25.8. The minimum absolute atomic E-state index is 0.0268. The van der Waals surface area contributed by atoms with Gasteiger partial charge in [0, 0.05) is 4.83 Å². The third-order valence-corrected chi connectivity index (χ3v) is 7.21. The standard InChI is InChI=1S/C9H9BrCl2O2S2/c10-8(5-1-2-16(13,14)4-5)6-3-7(11)15-9(6)12/h3,5,8H,1-2,4H2. The molecule has 0 bridgehead atoms. The Morgan fingerprint density at radius 1 is 1.50 bits per heavy atom. The van der Waals surface area contributed by atoms with Gasteiger partial charge in [0.05, 0.1) is 20.2 Å². The molecule has 16 heavy (non-hydrogen) atoms. The highest BCUT2D eigenvalue weighted by Crippen LogP contribution is 2.44. The van der Waals surface area contributed by atoms with Crippen LogP contribution in [0.15, 0.2) is 6.07 Å². The monoisotopic (exact) mass is 362 g/mol. The van der Waals surface area contributed by atoms with E-state index >= 15 is 0 Å². The molecular formula is C9H9BrCl2O2S2. The van der Waals surface area contributed by atoms with Crippen molar-refractivity contribution in [1.29, 1.82) is 0 Å². The SMILES string of the molecule is O=S1(=O)CCC(C(Br)c2cc(Cl)sc2Cl)C1. The van der Waals surface area contributed by atoms with E-state index < -0.39 is 9.84 Å². The van der Waals surface area contributed by atoms with E-state index in [0.29, 0.717) is 15.1 Å². The highest BCUT2D eigenvalue weighted by atomic mass is 79.9. The number of hydrogen-bond donors (Lipinski definition) is 0. The molecule has 0 radical (unpaired) electrons. The molecule has 2 heterocycles. The number of thiophene rings is 1. The third kappa shape index (κ3) is 2.75. The topological polar surface area (TPSA) is 34.1 Å². The molecule has 0 spiro atoms. The summed E-state index contributed by atoms with van der Waals surface area (Å²) < 4.78 is 24.0. The van der Waals surface area contributed by atoms with E-state index in [4.69, 9.17) is 23.2 Å². The van der Waals surface area contributed by atoms with Gasteiger partial charge in [0.25, 0.3) is 0 Å². The van der Waals surface area contributed by atoms with Crippen molar-refractivity contribution in [2.24, 2.45) is 5.92 Å². The van der Waals surface area contributed by atoms with Crippen molar-refractivity contribution in [3.05, 3.63) is 20.3 Å². The van der Waals surface area contributed by atoms with Gasteiger partial charge >= 0.3 is 0 Å². The number of hydrogen-bond acceptors (Lipinski definition) is 3. The summed E-state index contributed by atoms with van der Waals surface area (Å²) >= 11 is 16.7. The molecule has 90 valence electrons. The lowest BCUT2D eigenvalue weighted by molar-refractivity contribution is 0.580. The van der Waals surface area contributed by atoms with Gasteiger partial charge < -0.3 is 0 Å². The lowest BCUT2D eigenvalue weighted by atomic mass is 10.0. The Morgan fingerprint density at radius 3 is 2.62 bits per heavy atom. The summed E-state index contributed by atoms with van der Waals surface area (Å²) in [5, 5.41) is 0. The zero-order chi connectivity index (χ0) is 11.9. The van der Waals surface area contributed by atoms with Crippen LogP contribution in [-0.2, 0) is 9.84 Å². The molecule has 0 saturated carbocycles. The first-order chi connectivity index (χ1) is 7.39. The average molecular weight is 364 g/mol. The molecule has 2 nitrogen and oxygen atoms in total. The quantitative estimate of drug-likeness (QED) is 0.746. The molecular weight excluding hydrogens is 355 g/mol. The van der Waals surface area contributed by atoms with Gasteiger partial charge in [-0.15, -0.1) is 11.3 Å². The average Bonchev–Trinajstić information content (AvgIpc) is 2.68. The third-order valence-electron chi connectivity index (χ3n) is 2.66. The molecule has 1 saturated heterocycles. The van der Waals surface area contributed by atoms with Crippen LogP contribution in [-0.4, -0.2) is 19.9 Å². The van der Waals surface area contributed by atoms with Gasteiger partial charge in [0.2, 0.25) is 0 Å². The van der Waals surface area contributed by atoms with Crippen LogP contribution in [0.25, 0.3) is 0 Å². The number of rotatable bonds is 2. The molecule has 7 heteroatoms. The van der Waals surface area contributed by atoms with Crippen molar-refractivity contribution < 1.29 is 8.42 Å². The van der Waals surface area contributed by atoms with Crippen LogP contribution in [0.4, 0.5) is 0 Å². The van der Waals surface area contributed by atoms with Gasteiger partial charge in [0.15, 0.2) is 9.84 Å². The summed E-state index contributed by atoms with van der Waals surface area (Å²) in [5.41, 5.74) is 0.902. The zero-order valence-corrected chi connectivity index (χ0v) is 12.9. The van der Waals surface area contributed by atoms with Crippen molar-refractivity contribution in [3.63, 3.8) is 0 Å². The first-order valence-electron chi connectivity index (χ1n) is 4.68. The molecule has 2 atom stereocenters. The second kappa shape index (κ2) is 4.76. The predicted octanol–water partition coefficient (Wildman–Crippen LogP) is 3.93. The number of alkyl halides is 1. The van der Waals surface area contributed by atoms with Crippen molar-refractivity contribution in [1.82, 2.24) is 0 Å². The van der Waals surface area contributed by atoms with Crippen LogP contribution in [0.1, 0.15) is 16.8 Å². The van der Waals surface area contributed by atoms with Gasteiger partial charge in [-0.25, -0.2) is 8.42 Å². The number of halogens is 3. The van der Waals surface area contributed by atoms with Crippen LogP contribution >= 0.6 is 50.5 Å². The largest absolute Gasteiger partial charge is 0.229 e. The maximum absolute atomic E-state index is 11.4. The fourth-order valence-corrected chi connectivity index (χ4v) is 6.58. The summed E-state index contributed by atoms with van der Waals surface area (Å²) in [6, 6.07) is 1.80. The first-order valence-corrected chi connectivity index (χ1v) is 8.99. The predicted molar refractivity (Wildman–Crippen MR) is 72.8 cm³/mol. The Kier molecular flexibility index (Phi) is 3.92. The fraction of sp³-hybridized carbons (Fsp3) is 0.556. The molecule has 1 aromatic rings. The first kappa shape index (κ1) is 13.1. The minimum atomic E-state index is -2.86. The Bertz CT molecular complexity index is 498. The molecule has 0 aliphatic carbocycles. The van der Waals surface area contributed by atoms with E-state index in [0.717, 1.165) is 5.56 Å².